The molecule has 0 spiro atoms. The van der Waals surface area contributed by atoms with Crippen LogP contribution in [0.3, 0.4) is 0 Å². The highest BCUT2D eigenvalue weighted by Gasteiger charge is 2.02. The number of unbranched alkanes of at least 4 members (excludes halogenated alkanes) is 1. The summed E-state index contributed by atoms with van der Waals surface area (Å²) in [5.74, 6) is 0. The molecule has 1 aromatic rings. The molecular formula is C13H19N. The molecule has 0 heterocycles. The maximum Gasteiger partial charge on any atom is -0.00236 e. The molecule has 0 aliphatic rings. The van der Waals surface area contributed by atoms with Crippen molar-refractivity contribution in [2.24, 2.45) is 5.73 Å². The minimum atomic E-state index is 1.08. The minimum absolute atomic E-state index is 1.08. The third kappa shape index (κ3) is 2.63. The Hall–Kier alpha value is -1.24. The summed E-state index contributed by atoms with van der Waals surface area (Å²) in [6.07, 6.45) is 5.25. The minimum Gasteiger partial charge on any atom is -0.404 e. The molecule has 2 N–H and O–H groups in total. The van der Waals surface area contributed by atoms with Gasteiger partial charge in [-0.1, -0.05) is 37.6 Å². The molecule has 0 aliphatic carbocycles. The summed E-state index contributed by atoms with van der Waals surface area (Å²) in [6.45, 7) is 4.33. The smallest absolute Gasteiger partial charge is 0.00236 e. The van der Waals surface area contributed by atoms with E-state index in [2.05, 4.69) is 38.1 Å². The number of rotatable bonds is 4. The molecule has 0 aromatic heterocycles. The molecule has 0 atom stereocenters. The summed E-state index contributed by atoms with van der Waals surface area (Å²) < 4.78 is 0. The predicted molar refractivity (Wildman–Crippen MR) is 62.9 cm³/mol. The molecule has 0 aliphatic heterocycles. The third-order valence-corrected chi connectivity index (χ3v) is 2.49. The lowest BCUT2D eigenvalue weighted by atomic mass is 9.97. The molecule has 14 heavy (non-hydrogen) atoms. The monoisotopic (exact) mass is 189 g/mol. The van der Waals surface area contributed by atoms with E-state index in [0.29, 0.717) is 0 Å². The van der Waals surface area contributed by atoms with Crippen molar-refractivity contribution in [1.29, 1.82) is 0 Å². The summed E-state index contributed by atoms with van der Waals surface area (Å²) in [5.41, 5.74) is 9.52. The van der Waals surface area contributed by atoms with E-state index in [-0.39, 0.29) is 0 Å². The van der Waals surface area contributed by atoms with Crippen molar-refractivity contribution in [1.82, 2.24) is 0 Å². The maximum atomic E-state index is 5.65. The second-order valence-corrected chi connectivity index (χ2v) is 3.61. The summed E-state index contributed by atoms with van der Waals surface area (Å²) in [6, 6.07) is 8.40. The van der Waals surface area contributed by atoms with E-state index in [0.717, 1.165) is 6.42 Å². The van der Waals surface area contributed by atoms with E-state index in [1.165, 1.54) is 29.5 Å². The van der Waals surface area contributed by atoms with Gasteiger partial charge in [0.25, 0.3) is 0 Å². The average molecular weight is 189 g/mol. The molecule has 0 amide bonds. The van der Waals surface area contributed by atoms with E-state index in [1.54, 1.807) is 6.20 Å². The second-order valence-electron chi connectivity index (χ2n) is 3.61. The van der Waals surface area contributed by atoms with Gasteiger partial charge >= 0.3 is 0 Å². The first-order valence-electron chi connectivity index (χ1n) is 5.26. The Labute approximate surface area is 86.6 Å². The van der Waals surface area contributed by atoms with Crippen LogP contribution in [0.15, 0.2) is 30.5 Å². The highest BCUT2D eigenvalue weighted by Crippen LogP contribution is 2.22. The Balaban J connectivity index is 2.85. The molecule has 1 aromatic carbocycles. The van der Waals surface area contributed by atoms with Crippen LogP contribution in [0.4, 0.5) is 0 Å². The zero-order valence-corrected chi connectivity index (χ0v) is 9.09. The van der Waals surface area contributed by atoms with Crippen molar-refractivity contribution < 1.29 is 0 Å². The van der Waals surface area contributed by atoms with Gasteiger partial charge in [0.2, 0.25) is 0 Å². The van der Waals surface area contributed by atoms with E-state index in [4.69, 9.17) is 5.73 Å². The topological polar surface area (TPSA) is 26.0 Å². The molecule has 1 rings (SSSR count). The summed E-state index contributed by atoms with van der Waals surface area (Å²) in [4.78, 5) is 0. The highest BCUT2D eigenvalue weighted by atomic mass is 14.5. The number of benzene rings is 1. The number of aryl methyl sites for hydroxylation is 1. The Kier molecular flexibility index (Phi) is 4.24. The molecule has 1 heteroatoms. The third-order valence-electron chi connectivity index (χ3n) is 2.49. The molecule has 0 saturated carbocycles. The van der Waals surface area contributed by atoms with E-state index >= 15 is 0 Å². The lowest BCUT2D eigenvalue weighted by Crippen LogP contribution is -1.92. The van der Waals surface area contributed by atoms with Crippen LogP contribution in [-0.4, -0.2) is 0 Å². The fraction of sp³-hybridized carbons (Fsp3) is 0.385. The Morgan fingerprint density at radius 3 is 2.64 bits per heavy atom. The first-order valence-corrected chi connectivity index (χ1v) is 5.26. The lowest BCUT2D eigenvalue weighted by Gasteiger charge is -2.09. The summed E-state index contributed by atoms with van der Waals surface area (Å²) >= 11 is 0. The van der Waals surface area contributed by atoms with Crippen LogP contribution in [0.1, 0.15) is 37.3 Å². The van der Waals surface area contributed by atoms with Gasteiger partial charge in [0.05, 0.1) is 0 Å². The molecule has 1 nitrogen and oxygen atoms in total. The van der Waals surface area contributed by atoms with Crippen LogP contribution < -0.4 is 5.73 Å². The fourth-order valence-electron chi connectivity index (χ4n) is 1.61. The number of nitrogens with two attached hydrogens (primary N) is 1. The van der Waals surface area contributed by atoms with Crippen LogP contribution >= 0.6 is 0 Å². The van der Waals surface area contributed by atoms with Crippen LogP contribution in [0, 0.1) is 6.92 Å². The SMILES string of the molecule is CCCC/C(=C/N)c1ccccc1C. The number of hydrogen-bond acceptors (Lipinski definition) is 1. The van der Waals surface area contributed by atoms with Crippen LogP contribution in [0.25, 0.3) is 5.57 Å². The fourth-order valence-corrected chi connectivity index (χ4v) is 1.61. The Bertz CT molecular complexity index is 313. The standard InChI is InChI=1S/C13H19N/c1-3-4-8-12(10-14)13-9-6-5-7-11(13)2/h5-7,9-10H,3-4,8,14H2,1-2H3/b12-10-. The van der Waals surface area contributed by atoms with Crippen molar-refractivity contribution in [2.45, 2.75) is 33.1 Å². The first kappa shape index (κ1) is 10.8. The normalized spacial score (nSPS) is 11.7. The maximum absolute atomic E-state index is 5.65. The lowest BCUT2D eigenvalue weighted by molar-refractivity contribution is 0.823. The van der Waals surface area contributed by atoms with Gasteiger partial charge < -0.3 is 5.73 Å². The van der Waals surface area contributed by atoms with Crippen molar-refractivity contribution >= 4 is 5.57 Å². The van der Waals surface area contributed by atoms with Gasteiger partial charge in [-0.15, -0.1) is 0 Å². The summed E-state index contributed by atoms with van der Waals surface area (Å²) in [7, 11) is 0. The highest BCUT2D eigenvalue weighted by molar-refractivity contribution is 5.67. The largest absolute Gasteiger partial charge is 0.404 e. The average Bonchev–Trinajstić information content (AvgIpc) is 2.21. The molecule has 0 bridgehead atoms. The zero-order chi connectivity index (χ0) is 10.4. The molecule has 0 fully saturated rings. The molecule has 0 radical (unpaired) electrons. The predicted octanol–water partition coefficient (Wildman–Crippen LogP) is 3.48. The first-order chi connectivity index (χ1) is 6.79. The summed E-state index contributed by atoms with van der Waals surface area (Å²) in [5, 5.41) is 0. The van der Waals surface area contributed by atoms with Gasteiger partial charge in [-0.25, -0.2) is 0 Å². The van der Waals surface area contributed by atoms with Crippen LogP contribution in [0.2, 0.25) is 0 Å². The van der Waals surface area contributed by atoms with Crippen molar-refractivity contribution in [3.05, 3.63) is 41.6 Å². The number of hydrogen-bond donors (Lipinski definition) is 1. The molecule has 0 saturated heterocycles. The van der Waals surface area contributed by atoms with Gasteiger partial charge in [0.1, 0.15) is 0 Å². The van der Waals surface area contributed by atoms with Crippen LogP contribution in [0.5, 0.6) is 0 Å². The van der Waals surface area contributed by atoms with Gasteiger partial charge in [-0.2, -0.15) is 0 Å². The Morgan fingerprint density at radius 2 is 2.07 bits per heavy atom. The van der Waals surface area contributed by atoms with Crippen molar-refractivity contribution in [2.75, 3.05) is 0 Å². The van der Waals surface area contributed by atoms with E-state index in [9.17, 15) is 0 Å². The molecule has 76 valence electrons. The van der Waals surface area contributed by atoms with E-state index < -0.39 is 0 Å². The Morgan fingerprint density at radius 1 is 1.36 bits per heavy atom. The van der Waals surface area contributed by atoms with Gasteiger partial charge in [-0.05, 0) is 42.7 Å². The zero-order valence-electron chi connectivity index (χ0n) is 9.09. The van der Waals surface area contributed by atoms with Gasteiger partial charge in [0, 0.05) is 0 Å². The van der Waals surface area contributed by atoms with Gasteiger partial charge in [-0.3, -0.25) is 0 Å². The van der Waals surface area contributed by atoms with Crippen LogP contribution in [-0.2, 0) is 0 Å². The second kappa shape index (κ2) is 5.48. The molecular weight excluding hydrogens is 170 g/mol. The quantitative estimate of drug-likeness (QED) is 0.771. The van der Waals surface area contributed by atoms with Crippen molar-refractivity contribution in [3.63, 3.8) is 0 Å². The van der Waals surface area contributed by atoms with E-state index in [1.807, 2.05) is 0 Å². The number of allylic oxidation sites excluding steroid dienone is 1. The van der Waals surface area contributed by atoms with Gasteiger partial charge in [0.15, 0.2) is 0 Å². The molecule has 0 unspecified atom stereocenters. The van der Waals surface area contributed by atoms with Crippen molar-refractivity contribution in [3.8, 4) is 0 Å².